The SMILES string of the molecule is CCOP(=O)(OCC)C1CNCC1c1ccncc1.Cl.Cl. The van der Waals surface area contributed by atoms with E-state index in [2.05, 4.69) is 10.3 Å². The quantitative estimate of drug-likeness (QED) is 0.792. The van der Waals surface area contributed by atoms with E-state index in [1.54, 1.807) is 12.4 Å². The van der Waals surface area contributed by atoms with Crippen LogP contribution in [0.1, 0.15) is 25.3 Å². The summed E-state index contributed by atoms with van der Waals surface area (Å²) in [7, 11) is -3.07. The van der Waals surface area contributed by atoms with E-state index in [9.17, 15) is 4.57 Å². The molecule has 2 unspecified atom stereocenters. The zero-order valence-electron chi connectivity index (χ0n) is 12.2. The van der Waals surface area contributed by atoms with Gasteiger partial charge in [0.05, 0.1) is 18.9 Å². The first kappa shape index (κ1) is 20.8. The van der Waals surface area contributed by atoms with Crippen LogP contribution in [0.3, 0.4) is 0 Å². The van der Waals surface area contributed by atoms with Gasteiger partial charge in [-0.25, -0.2) is 0 Å². The lowest BCUT2D eigenvalue weighted by atomic mass is 9.99. The lowest BCUT2D eigenvalue weighted by molar-refractivity contribution is 0.211. The molecular weight excluding hydrogens is 334 g/mol. The number of nitrogens with one attached hydrogen (secondary N) is 1. The summed E-state index contributed by atoms with van der Waals surface area (Å²) in [5, 5.41) is 3.29. The van der Waals surface area contributed by atoms with Crippen molar-refractivity contribution in [3.05, 3.63) is 30.1 Å². The maximum Gasteiger partial charge on any atom is 0.335 e. The van der Waals surface area contributed by atoms with Gasteiger partial charge >= 0.3 is 7.60 Å². The number of hydrogen-bond donors (Lipinski definition) is 1. The van der Waals surface area contributed by atoms with Crippen LogP contribution in [0.4, 0.5) is 0 Å². The van der Waals surface area contributed by atoms with E-state index in [-0.39, 0.29) is 36.4 Å². The van der Waals surface area contributed by atoms with Gasteiger partial charge in [-0.2, -0.15) is 0 Å². The van der Waals surface area contributed by atoms with Gasteiger partial charge in [-0.15, -0.1) is 24.8 Å². The molecule has 21 heavy (non-hydrogen) atoms. The molecular formula is C13H23Cl2N2O3P. The number of nitrogens with zero attached hydrogens (tertiary/aromatic N) is 1. The second-order valence-electron chi connectivity index (χ2n) is 4.49. The predicted molar refractivity (Wildman–Crippen MR) is 89.0 cm³/mol. The molecule has 0 radical (unpaired) electrons. The van der Waals surface area contributed by atoms with Crippen molar-refractivity contribution in [3.8, 4) is 0 Å². The maximum atomic E-state index is 12.9. The van der Waals surface area contributed by atoms with E-state index in [0.29, 0.717) is 19.8 Å². The smallest absolute Gasteiger partial charge is 0.315 e. The van der Waals surface area contributed by atoms with Crippen LogP contribution in [-0.2, 0) is 13.6 Å². The fourth-order valence-corrected chi connectivity index (χ4v) is 4.78. The molecule has 1 N–H and O–H groups in total. The van der Waals surface area contributed by atoms with Crippen LogP contribution in [0.25, 0.3) is 0 Å². The molecule has 0 saturated carbocycles. The minimum atomic E-state index is -3.07. The second-order valence-corrected chi connectivity index (χ2v) is 6.75. The highest BCUT2D eigenvalue weighted by Gasteiger charge is 2.44. The highest BCUT2D eigenvalue weighted by atomic mass is 35.5. The molecule has 122 valence electrons. The zero-order chi connectivity index (χ0) is 13.7. The van der Waals surface area contributed by atoms with E-state index in [1.165, 1.54) is 0 Å². The molecule has 2 atom stereocenters. The van der Waals surface area contributed by atoms with Gasteiger partial charge in [0.2, 0.25) is 0 Å². The summed E-state index contributed by atoms with van der Waals surface area (Å²) in [6.45, 7) is 5.93. The Morgan fingerprint density at radius 3 is 2.29 bits per heavy atom. The van der Waals surface area contributed by atoms with Crippen molar-refractivity contribution in [1.82, 2.24) is 10.3 Å². The van der Waals surface area contributed by atoms with Crippen molar-refractivity contribution in [2.75, 3.05) is 26.3 Å². The van der Waals surface area contributed by atoms with Crippen molar-refractivity contribution in [1.29, 1.82) is 0 Å². The number of rotatable bonds is 6. The molecule has 8 heteroatoms. The van der Waals surface area contributed by atoms with Gasteiger partial charge in [-0.05, 0) is 31.5 Å². The molecule has 1 saturated heterocycles. The van der Waals surface area contributed by atoms with E-state index in [0.717, 1.165) is 12.1 Å². The summed E-state index contributed by atoms with van der Waals surface area (Å²) in [5.41, 5.74) is 0.999. The summed E-state index contributed by atoms with van der Waals surface area (Å²) in [4.78, 5) is 4.02. The Bertz CT molecular complexity index is 440. The van der Waals surface area contributed by atoms with Gasteiger partial charge in [0.25, 0.3) is 0 Å². The lowest BCUT2D eigenvalue weighted by Gasteiger charge is -2.27. The summed E-state index contributed by atoms with van der Waals surface area (Å²) >= 11 is 0. The summed E-state index contributed by atoms with van der Waals surface area (Å²) in [5.74, 6) is 0.145. The van der Waals surface area contributed by atoms with Gasteiger partial charge in [-0.1, -0.05) is 0 Å². The molecule has 2 rings (SSSR count). The summed E-state index contributed by atoms with van der Waals surface area (Å²) in [6.07, 6.45) is 3.52. The average Bonchev–Trinajstić information content (AvgIpc) is 2.90. The number of aromatic nitrogens is 1. The first-order valence-corrected chi connectivity index (χ1v) is 8.32. The Hall–Kier alpha value is -0.160. The molecule has 0 amide bonds. The van der Waals surface area contributed by atoms with E-state index in [4.69, 9.17) is 9.05 Å². The van der Waals surface area contributed by atoms with E-state index < -0.39 is 7.60 Å². The van der Waals surface area contributed by atoms with Crippen molar-refractivity contribution < 1.29 is 13.6 Å². The molecule has 0 spiro atoms. The molecule has 1 aliphatic rings. The number of hydrogen-bond acceptors (Lipinski definition) is 5. The van der Waals surface area contributed by atoms with Crippen LogP contribution in [-0.4, -0.2) is 36.9 Å². The topological polar surface area (TPSA) is 60.5 Å². The molecule has 1 aromatic heterocycles. The fourth-order valence-electron chi connectivity index (χ4n) is 2.54. The molecule has 0 bridgehead atoms. The molecule has 1 aromatic rings. The molecule has 0 aromatic carbocycles. The fraction of sp³-hybridized carbons (Fsp3) is 0.615. The molecule has 1 fully saturated rings. The first-order chi connectivity index (χ1) is 9.21. The summed E-state index contributed by atoms with van der Waals surface area (Å²) < 4.78 is 23.9. The Kier molecular flexibility index (Phi) is 9.70. The molecule has 1 aliphatic heterocycles. The Labute approximate surface area is 138 Å². The van der Waals surface area contributed by atoms with Crippen LogP contribution >= 0.6 is 32.4 Å². The zero-order valence-corrected chi connectivity index (χ0v) is 14.8. The first-order valence-electron chi connectivity index (χ1n) is 6.70. The molecule has 0 aliphatic carbocycles. The third kappa shape index (κ3) is 4.92. The lowest BCUT2D eigenvalue weighted by Crippen LogP contribution is -2.21. The highest BCUT2D eigenvalue weighted by Crippen LogP contribution is 2.58. The van der Waals surface area contributed by atoms with Crippen molar-refractivity contribution in [2.45, 2.75) is 25.4 Å². The Morgan fingerprint density at radius 2 is 1.76 bits per heavy atom. The van der Waals surface area contributed by atoms with Gasteiger partial charge in [0.15, 0.2) is 0 Å². The monoisotopic (exact) mass is 356 g/mol. The minimum Gasteiger partial charge on any atom is -0.315 e. The van der Waals surface area contributed by atoms with Gasteiger partial charge in [0, 0.05) is 31.4 Å². The van der Waals surface area contributed by atoms with E-state index in [1.807, 2.05) is 26.0 Å². The number of halogens is 2. The van der Waals surface area contributed by atoms with Crippen molar-refractivity contribution in [3.63, 3.8) is 0 Å². The molecule has 2 heterocycles. The van der Waals surface area contributed by atoms with E-state index >= 15 is 0 Å². The van der Waals surface area contributed by atoms with Crippen LogP contribution in [0.5, 0.6) is 0 Å². The normalized spacial score (nSPS) is 21.4. The second kappa shape index (κ2) is 9.78. The van der Waals surface area contributed by atoms with Crippen LogP contribution in [0, 0.1) is 0 Å². The maximum absolute atomic E-state index is 12.9. The summed E-state index contributed by atoms with van der Waals surface area (Å²) in [6, 6.07) is 3.93. The van der Waals surface area contributed by atoms with Crippen molar-refractivity contribution >= 4 is 32.4 Å². The highest BCUT2D eigenvalue weighted by molar-refractivity contribution is 7.54. The number of pyridine rings is 1. The van der Waals surface area contributed by atoms with Crippen LogP contribution < -0.4 is 5.32 Å². The standard InChI is InChI=1S/C13H21N2O3P.2ClH/c1-3-17-19(16,18-4-2)13-10-15-9-12(13)11-5-7-14-8-6-11;;/h5-8,12-13,15H,3-4,9-10H2,1-2H3;2*1H. The van der Waals surface area contributed by atoms with Crippen LogP contribution in [0.15, 0.2) is 24.5 Å². The third-order valence-electron chi connectivity index (χ3n) is 3.34. The van der Waals surface area contributed by atoms with Gasteiger partial charge < -0.3 is 14.4 Å². The Balaban J connectivity index is 0.00000200. The molecule has 5 nitrogen and oxygen atoms in total. The van der Waals surface area contributed by atoms with Gasteiger partial charge in [0.1, 0.15) is 0 Å². The average molecular weight is 357 g/mol. The van der Waals surface area contributed by atoms with Gasteiger partial charge in [-0.3, -0.25) is 9.55 Å². The third-order valence-corrected chi connectivity index (χ3v) is 5.93. The van der Waals surface area contributed by atoms with Crippen molar-refractivity contribution in [2.24, 2.45) is 0 Å². The minimum absolute atomic E-state index is 0. The van der Waals surface area contributed by atoms with Crippen LogP contribution in [0.2, 0.25) is 0 Å². The largest absolute Gasteiger partial charge is 0.335 e. The Morgan fingerprint density at radius 1 is 1.19 bits per heavy atom. The predicted octanol–water partition coefficient (Wildman–Crippen LogP) is 3.25.